The highest BCUT2D eigenvalue weighted by molar-refractivity contribution is 5.98. The van der Waals surface area contributed by atoms with Crippen LogP contribution in [0, 0.1) is 6.92 Å². The highest BCUT2D eigenvalue weighted by Gasteiger charge is 2.23. The number of amides is 1. The molecule has 1 N–H and O–H groups in total. The average molecular weight is 408 g/mol. The minimum atomic E-state index is -0.0906. The Morgan fingerprint density at radius 2 is 2.20 bits per heavy atom. The highest BCUT2D eigenvalue weighted by Crippen LogP contribution is 2.40. The van der Waals surface area contributed by atoms with Gasteiger partial charge in [0.1, 0.15) is 17.1 Å². The zero-order chi connectivity index (χ0) is 21.1. The van der Waals surface area contributed by atoms with Crippen molar-refractivity contribution in [1.82, 2.24) is 14.9 Å². The lowest BCUT2D eigenvalue weighted by Gasteiger charge is -2.13. The van der Waals surface area contributed by atoms with Crippen molar-refractivity contribution in [3.63, 3.8) is 0 Å². The molecule has 0 atom stereocenters. The van der Waals surface area contributed by atoms with E-state index in [1.165, 1.54) is 18.4 Å². The van der Waals surface area contributed by atoms with Crippen LogP contribution in [0.3, 0.4) is 0 Å². The fraction of sp³-hybridized carbons (Fsp3) is 0.417. The zero-order valence-corrected chi connectivity index (χ0v) is 18.0. The lowest BCUT2D eigenvalue weighted by Crippen LogP contribution is -2.23. The van der Waals surface area contributed by atoms with Crippen LogP contribution < -0.4 is 10.1 Å². The fourth-order valence-corrected chi connectivity index (χ4v) is 4.31. The Morgan fingerprint density at radius 1 is 1.37 bits per heavy atom. The summed E-state index contributed by atoms with van der Waals surface area (Å²) < 4.78 is 13.9. The van der Waals surface area contributed by atoms with E-state index >= 15 is 0 Å². The third kappa shape index (κ3) is 3.99. The number of hydrogen-bond acceptors (Lipinski definition) is 4. The van der Waals surface area contributed by atoms with Crippen LogP contribution in [0.25, 0.3) is 16.5 Å². The van der Waals surface area contributed by atoms with Crippen molar-refractivity contribution in [2.75, 3.05) is 13.7 Å². The standard InChI is InChI=1S/C24H29N3O3/c1-16(13-22(28)26-9-6-11-27-12-10-25-15-27)19-14-20-18-7-4-5-8-21(18)30-24(20)17(2)23(19)29-3/h10,12-15H,4-9,11H2,1-3H3,(H,26,28)/b16-13+. The molecule has 0 fully saturated rings. The first-order valence-corrected chi connectivity index (χ1v) is 10.6. The first-order chi connectivity index (χ1) is 14.6. The summed E-state index contributed by atoms with van der Waals surface area (Å²) in [5.74, 6) is 1.79. The van der Waals surface area contributed by atoms with Gasteiger partial charge >= 0.3 is 0 Å². The van der Waals surface area contributed by atoms with Crippen LogP contribution in [0.15, 0.2) is 35.3 Å². The van der Waals surface area contributed by atoms with E-state index in [1.807, 2.05) is 24.6 Å². The van der Waals surface area contributed by atoms with Gasteiger partial charge in [-0.2, -0.15) is 0 Å². The molecule has 4 rings (SSSR count). The maximum absolute atomic E-state index is 12.5. The van der Waals surface area contributed by atoms with Gasteiger partial charge in [-0.05, 0) is 51.2 Å². The van der Waals surface area contributed by atoms with Gasteiger partial charge in [0, 0.05) is 60.1 Å². The second-order valence-electron chi connectivity index (χ2n) is 7.94. The molecule has 3 aromatic rings. The van der Waals surface area contributed by atoms with Crippen molar-refractivity contribution in [1.29, 1.82) is 0 Å². The Labute approximate surface area is 176 Å². The SMILES string of the molecule is COc1c(/C(C)=C/C(=O)NCCCn2ccnc2)cc2c3c(oc2c1C)CCCC3. The molecule has 158 valence electrons. The van der Waals surface area contributed by atoms with Crippen LogP contribution in [0.1, 0.15) is 48.6 Å². The molecule has 30 heavy (non-hydrogen) atoms. The Kier molecular flexibility index (Phi) is 5.93. The maximum Gasteiger partial charge on any atom is 0.244 e. The lowest BCUT2D eigenvalue weighted by atomic mass is 9.93. The Balaban J connectivity index is 1.53. The van der Waals surface area contributed by atoms with E-state index in [0.29, 0.717) is 6.54 Å². The molecular weight excluding hydrogens is 378 g/mol. The van der Waals surface area contributed by atoms with Crippen molar-refractivity contribution in [2.24, 2.45) is 0 Å². The van der Waals surface area contributed by atoms with Gasteiger partial charge in [0.05, 0.1) is 13.4 Å². The summed E-state index contributed by atoms with van der Waals surface area (Å²) >= 11 is 0. The topological polar surface area (TPSA) is 69.3 Å². The summed E-state index contributed by atoms with van der Waals surface area (Å²) in [5.41, 5.74) is 5.06. The number of furan rings is 1. The third-order valence-electron chi connectivity index (χ3n) is 5.85. The van der Waals surface area contributed by atoms with Gasteiger partial charge in [-0.15, -0.1) is 0 Å². The number of nitrogens with zero attached hydrogens (tertiary/aromatic N) is 2. The molecule has 0 aliphatic heterocycles. The smallest absolute Gasteiger partial charge is 0.244 e. The number of ether oxygens (including phenoxy) is 1. The van der Waals surface area contributed by atoms with Crippen molar-refractivity contribution in [3.05, 3.63) is 53.3 Å². The summed E-state index contributed by atoms with van der Waals surface area (Å²) in [6.45, 7) is 5.44. The van der Waals surface area contributed by atoms with Crippen LogP contribution in [0.2, 0.25) is 0 Å². The summed E-state index contributed by atoms with van der Waals surface area (Å²) in [6.07, 6.45) is 12.4. The largest absolute Gasteiger partial charge is 0.496 e. The van der Waals surface area contributed by atoms with Crippen LogP contribution >= 0.6 is 0 Å². The first kappa shape index (κ1) is 20.3. The van der Waals surface area contributed by atoms with E-state index in [0.717, 1.165) is 65.0 Å². The van der Waals surface area contributed by atoms with Crippen LogP contribution in [-0.4, -0.2) is 29.1 Å². The number of aromatic nitrogens is 2. The molecule has 0 spiro atoms. The van der Waals surface area contributed by atoms with Gasteiger partial charge < -0.3 is 19.0 Å². The molecule has 0 saturated heterocycles. The molecule has 2 heterocycles. The molecule has 1 aliphatic rings. The van der Waals surface area contributed by atoms with E-state index in [2.05, 4.69) is 16.4 Å². The number of benzene rings is 1. The number of carbonyl (C=O) groups is 1. The van der Waals surface area contributed by atoms with E-state index in [-0.39, 0.29) is 5.91 Å². The molecule has 6 nitrogen and oxygen atoms in total. The monoisotopic (exact) mass is 407 g/mol. The molecule has 0 radical (unpaired) electrons. The van der Waals surface area contributed by atoms with Crippen LogP contribution in [0.5, 0.6) is 5.75 Å². The number of nitrogens with one attached hydrogen (secondary N) is 1. The lowest BCUT2D eigenvalue weighted by molar-refractivity contribution is -0.116. The number of rotatable bonds is 7. The Bertz CT molecular complexity index is 1080. The fourth-order valence-electron chi connectivity index (χ4n) is 4.31. The van der Waals surface area contributed by atoms with Crippen molar-refractivity contribution in [3.8, 4) is 5.75 Å². The number of hydrogen-bond donors (Lipinski definition) is 1. The first-order valence-electron chi connectivity index (χ1n) is 10.6. The van der Waals surface area contributed by atoms with E-state index < -0.39 is 0 Å². The predicted octanol–water partition coefficient (Wildman–Crippen LogP) is 4.43. The molecule has 2 aromatic heterocycles. The number of carbonyl (C=O) groups excluding carboxylic acids is 1. The van der Waals surface area contributed by atoms with Gasteiger partial charge in [-0.1, -0.05) is 0 Å². The minimum Gasteiger partial charge on any atom is -0.496 e. The normalized spacial score (nSPS) is 14.0. The maximum atomic E-state index is 12.5. The molecule has 1 aliphatic carbocycles. The molecule has 1 amide bonds. The molecule has 0 saturated carbocycles. The number of allylic oxidation sites excluding steroid dienone is 1. The quantitative estimate of drug-likeness (QED) is 0.464. The average Bonchev–Trinajstić information content (AvgIpc) is 3.39. The van der Waals surface area contributed by atoms with Crippen molar-refractivity contribution < 1.29 is 13.9 Å². The van der Waals surface area contributed by atoms with Crippen molar-refractivity contribution >= 4 is 22.4 Å². The number of aryl methyl sites for hydroxylation is 4. The van der Waals surface area contributed by atoms with Gasteiger partial charge in [0.2, 0.25) is 5.91 Å². The number of fused-ring (bicyclic) bond motifs is 3. The van der Waals surface area contributed by atoms with Gasteiger partial charge in [-0.3, -0.25) is 4.79 Å². The van der Waals surface area contributed by atoms with E-state index in [4.69, 9.17) is 9.15 Å². The van der Waals surface area contributed by atoms with E-state index in [9.17, 15) is 4.79 Å². The van der Waals surface area contributed by atoms with Gasteiger partial charge in [-0.25, -0.2) is 4.98 Å². The Morgan fingerprint density at radius 3 is 2.97 bits per heavy atom. The minimum absolute atomic E-state index is 0.0906. The Hall–Kier alpha value is -3.02. The second kappa shape index (κ2) is 8.78. The second-order valence-corrected chi connectivity index (χ2v) is 7.94. The molecule has 0 unspecified atom stereocenters. The third-order valence-corrected chi connectivity index (χ3v) is 5.85. The highest BCUT2D eigenvalue weighted by atomic mass is 16.5. The van der Waals surface area contributed by atoms with Crippen LogP contribution in [-0.2, 0) is 24.2 Å². The van der Waals surface area contributed by atoms with Gasteiger partial charge in [0.15, 0.2) is 0 Å². The van der Waals surface area contributed by atoms with Crippen LogP contribution in [0.4, 0.5) is 0 Å². The molecular formula is C24H29N3O3. The zero-order valence-electron chi connectivity index (χ0n) is 18.0. The summed E-state index contributed by atoms with van der Waals surface area (Å²) in [7, 11) is 1.67. The molecule has 0 bridgehead atoms. The predicted molar refractivity (Wildman–Crippen MR) is 118 cm³/mol. The summed E-state index contributed by atoms with van der Waals surface area (Å²) in [6, 6.07) is 2.13. The molecule has 1 aromatic carbocycles. The molecule has 6 heteroatoms. The number of methoxy groups -OCH3 is 1. The summed E-state index contributed by atoms with van der Waals surface area (Å²) in [5, 5.41) is 4.13. The van der Waals surface area contributed by atoms with Crippen molar-refractivity contribution in [2.45, 2.75) is 52.5 Å². The summed E-state index contributed by atoms with van der Waals surface area (Å²) in [4.78, 5) is 16.5. The number of imidazole rings is 1. The van der Waals surface area contributed by atoms with Gasteiger partial charge in [0.25, 0.3) is 0 Å². The van der Waals surface area contributed by atoms with E-state index in [1.54, 1.807) is 25.7 Å².